The molecule has 0 aliphatic carbocycles. The second-order valence-corrected chi connectivity index (χ2v) is 4.83. The molecule has 0 N–H and O–H groups in total. The molecule has 6 heteroatoms. The highest BCUT2D eigenvalue weighted by molar-refractivity contribution is 5.77. The molecule has 1 heterocycles. The quantitative estimate of drug-likeness (QED) is 0.638. The van der Waals surface area contributed by atoms with Crippen LogP contribution in [0.1, 0.15) is 12.5 Å². The van der Waals surface area contributed by atoms with Crippen molar-refractivity contribution in [3.05, 3.63) is 48.0 Å². The van der Waals surface area contributed by atoms with E-state index in [4.69, 9.17) is 24.2 Å². The number of carbonyl (C=O) groups is 1. The standard InChI is InChI=1S/C17H13NO5/c1-11(22-13-4-2-12(9-18)3-5-13)17(19)23-14-6-7-15-16(8-14)21-10-20-15/h2-8,11H,10H2,1H3/t11-/m1/s1. The molecule has 0 fully saturated rings. The van der Waals surface area contributed by atoms with Crippen molar-refractivity contribution in [1.82, 2.24) is 0 Å². The van der Waals surface area contributed by atoms with Crippen molar-refractivity contribution in [3.63, 3.8) is 0 Å². The number of hydrogen-bond acceptors (Lipinski definition) is 6. The number of nitriles is 1. The van der Waals surface area contributed by atoms with Crippen LogP contribution in [0.15, 0.2) is 42.5 Å². The normalized spacial score (nSPS) is 13.0. The van der Waals surface area contributed by atoms with Gasteiger partial charge in [0.05, 0.1) is 11.6 Å². The molecule has 23 heavy (non-hydrogen) atoms. The van der Waals surface area contributed by atoms with Gasteiger partial charge in [-0.2, -0.15) is 5.26 Å². The monoisotopic (exact) mass is 311 g/mol. The summed E-state index contributed by atoms with van der Waals surface area (Å²) in [6, 6.07) is 13.4. The highest BCUT2D eigenvalue weighted by Gasteiger charge is 2.20. The fraction of sp³-hybridized carbons (Fsp3) is 0.176. The molecule has 0 bridgehead atoms. The van der Waals surface area contributed by atoms with Gasteiger partial charge in [0.2, 0.25) is 6.79 Å². The van der Waals surface area contributed by atoms with Gasteiger partial charge >= 0.3 is 5.97 Å². The maximum Gasteiger partial charge on any atom is 0.352 e. The van der Waals surface area contributed by atoms with Crippen LogP contribution in [0.5, 0.6) is 23.0 Å². The van der Waals surface area contributed by atoms with E-state index in [0.29, 0.717) is 28.6 Å². The molecule has 0 spiro atoms. The van der Waals surface area contributed by atoms with Crippen LogP contribution in [-0.2, 0) is 4.79 Å². The van der Waals surface area contributed by atoms with E-state index in [2.05, 4.69) is 0 Å². The van der Waals surface area contributed by atoms with Crippen LogP contribution >= 0.6 is 0 Å². The van der Waals surface area contributed by atoms with E-state index in [0.717, 1.165) is 0 Å². The second kappa shape index (κ2) is 6.28. The fourth-order valence-corrected chi connectivity index (χ4v) is 2.00. The number of benzene rings is 2. The summed E-state index contributed by atoms with van der Waals surface area (Å²) in [7, 11) is 0. The van der Waals surface area contributed by atoms with Gasteiger partial charge < -0.3 is 18.9 Å². The van der Waals surface area contributed by atoms with Gasteiger partial charge in [-0.15, -0.1) is 0 Å². The number of esters is 1. The van der Waals surface area contributed by atoms with Gasteiger partial charge in [-0.05, 0) is 43.3 Å². The zero-order valence-electron chi connectivity index (χ0n) is 12.3. The highest BCUT2D eigenvalue weighted by atomic mass is 16.7. The van der Waals surface area contributed by atoms with E-state index < -0.39 is 12.1 Å². The molecule has 1 aliphatic rings. The second-order valence-electron chi connectivity index (χ2n) is 4.83. The topological polar surface area (TPSA) is 77.8 Å². The molecule has 2 aromatic carbocycles. The van der Waals surface area contributed by atoms with Crippen LogP contribution in [0.25, 0.3) is 0 Å². The maximum atomic E-state index is 12.1. The van der Waals surface area contributed by atoms with Gasteiger partial charge in [-0.3, -0.25) is 0 Å². The Morgan fingerprint density at radius 2 is 1.83 bits per heavy atom. The number of carbonyl (C=O) groups excluding carboxylic acids is 1. The first-order valence-corrected chi connectivity index (χ1v) is 6.94. The number of ether oxygens (including phenoxy) is 4. The first-order chi connectivity index (χ1) is 11.2. The van der Waals surface area contributed by atoms with Gasteiger partial charge in [0.25, 0.3) is 0 Å². The lowest BCUT2D eigenvalue weighted by Crippen LogP contribution is -2.28. The molecule has 1 atom stereocenters. The Morgan fingerprint density at radius 3 is 2.57 bits per heavy atom. The third-order valence-electron chi connectivity index (χ3n) is 3.19. The van der Waals surface area contributed by atoms with Crippen LogP contribution in [-0.4, -0.2) is 18.9 Å². The summed E-state index contributed by atoms with van der Waals surface area (Å²) in [5, 5.41) is 8.75. The van der Waals surface area contributed by atoms with Crippen LogP contribution in [0.3, 0.4) is 0 Å². The zero-order valence-corrected chi connectivity index (χ0v) is 12.3. The van der Waals surface area contributed by atoms with Crippen molar-refractivity contribution in [2.45, 2.75) is 13.0 Å². The lowest BCUT2D eigenvalue weighted by atomic mass is 10.2. The predicted octanol–water partition coefficient (Wildman–Crippen LogP) is 2.66. The smallest absolute Gasteiger partial charge is 0.352 e. The molecule has 0 saturated heterocycles. The van der Waals surface area contributed by atoms with E-state index in [1.807, 2.05) is 6.07 Å². The Hall–Kier alpha value is -3.20. The Bertz CT molecular complexity index is 764. The molecule has 0 radical (unpaired) electrons. The summed E-state index contributed by atoms with van der Waals surface area (Å²) in [4.78, 5) is 12.1. The molecular formula is C17H13NO5. The van der Waals surface area contributed by atoms with Crippen LogP contribution < -0.4 is 18.9 Å². The van der Waals surface area contributed by atoms with E-state index in [1.54, 1.807) is 49.4 Å². The lowest BCUT2D eigenvalue weighted by molar-refractivity contribution is -0.141. The first-order valence-electron chi connectivity index (χ1n) is 6.94. The minimum Gasteiger partial charge on any atom is -0.479 e. The molecule has 0 aromatic heterocycles. The molecule has 0 unspecified atom stereocenters. The van der Waals surface area contributed by atoms with E-state index in [1.165, 1.54) is 0 Å². The summed E-state index contributed by atoms with van der Waals surface area (Å²) >= 11 is 0. The maximum absolute atomic E-state index is 12.1. The van der Waals surface area contributed by atoms with E-state index in [-0.39, 0.29) is 6.79 Å². The summed E-state index contributed by atoms with van der Waals surface area (Å²) in [5.74, 6) is 1.46. The summed E-state index contributed by atoms with van der Waals surface area (Å²) in [6.07, 6.45) is -0.798. The van der Waals surface area contributed by atoms with Gasteiger partial charge in [0.1, 0.15) is 11.5 Å². The summed E-state index contributed by atoms with van der Waals surface area (Å²) in [6.45, 7) is 1.75. The minimum absolute atomic E-state index is 0.158. The summed E-state index contributed by atoms with van der Waals surface area (Å²) in [5.41, 5.74) is 0.521. The number of hydrogen-bond donors (Lipinski definition) is 0. The molecular weight excluding hydrogens is 298 g/mol. The Labute approximate surface area is 132 Å². The van der Waals surface area contributed by atoms with Gasteiger partial charge in [-0.25, -0.2) is 4.79 Å². The van der Waals surface area contributed by atoms with Crippen LogP contribution in [0.2, 0.25) is 0 Å². The highest BCUT2D eigenvalue weighted by Crippen LogP contribution is 2.35. The van der Waals surface area contributed by atoms with Crippen LogP contribution in [0.4, 0.5) is 0 Å². The van der Waals surface area contributed by atoms with Crippen molar-refractivity contribution in [1.29, 1.82) is 5.26 Å². The van der Waals surface area contributed by atoms with Crippen molar-refractivity contribution >= 4 is 5.97 Å². The average molecular weight is 311 g/mol. The van der Waals surface area contributed by atoms with E-state index >= 15 is 0 Å². The zero-order chi connectivity index (χ0) is 16.2. The molecule has 3 rings (SSSR count). The average Bonchev–Trinajstić information content (AvgIpc) is 3.03. The molecule has 1 aliphatic heterocycles. The number of fused-ring (bicyclic) bond motifs is 1. The number of rotatable bonds is 4. The van der Waals surface area contributed by atoms with Gasteiger partial charge in [0, 0.05) is 6.07 Å². The van der Waals surface area contributed by atoms with E-state index in [9.17, 15) is 4.79 Å². The molecule has 6 nitrogen and oxygen atoms in total. The largest absolute Gasteiger partial charge is 0.479 e. The van der Waals surface area contributed by atoms with Gasteiger partial charge in [0.15, 0.2) is 17.6 Å². The Morgan fingerprint density at radius 1 is 1.13 bits per heavy atom. The summed E-state index contributed by atoms with van der Waals surface area (Å²) < 4.78 is 21.2. The van der Waals surface area contributed by atoms with Crippen LogP contribution in [0, 0.1) is 11.3 Å². The van der Waals surface area contributed by atoms with Crippen molar-refractivity contribution in [2.75, 3.05) is 6.79 Å². The fourth-order valence-electron chi connectivity index (χ4n) is 2.00. The predicted molar refractivity (Wildman–Crippen MR) is 79.4 cm³/mol. The minimum atomic E-state index is -0.798. The molecule has 116 valence electrons. The van der Waals surface area contributed by atoms with Gasteiger partial charge in [-0.1, -0.05) is 0 Å². The third-order valence-corrected chi connectivity index (χ3v) is 3.19. The van der Waals surface area contributed by atoms with Crippen molar-refractivity contribution in [2.24, 2.45) is 0 Å². The SMILES string of the molecule is C[C@@H](Oc1ccc(C#N)cc1)C(=O)Oc1ccc2c(c1)OCO2. The molecule has 0 amide bonds. The molecule has 2 aromatic rings. The number of nitrogens with zero attached hydrogens (tertiary/aromatic N) is 1. The Kier molecular flexibility index (Phi) is 4.02. The molecule has 0 saturated carbocycles. The van der Waals surface area contributed by atoms with Crippen molar-refractivity contribution < 1.29 is 23.7 Å². The third kappa shape index (κ3) is 3.35. The van der Waals surface area contributed by atoms with Crippen molar-refractivity contribution in [3.8, 4) is 29.1 Å². The first kappa shape index (κ1) is 14.7. The lowest BCUT2D eigenvalue weighted by Gasteiger charge is -2.14. The Balaban J connectivity index is 1.62.